The summed E-state index contributed by atoms with van der Waals surface area (Å²) in [5.41, 5.74) is 6.10. The van der Waals surface area contributed by atoms with Gasteiger partial charge in [0.1, 0.15) is 0 Å². The summed E-state index contributed by atoms with van der Waals surface area (Å²) in [4.78, 5) is 25.5. The van der Waals surface area contributed by atoms with Crippen LogP contribution in [0.5, 0.6) is 0 Å². The standard InChI is InChI=1S/C36H31N5S2/c1-27-8-18-35(39-22-27)36-19-10-28(23-40-36)9-11-31-12-13-32(42-31)14-15-33-16-17-34(43-33)26-41(24-29-6-2-4-20-37-29)25-30-7-3-5-21-38-30/h2-23H,24-26H2,1H3/b11-9+,15-14+. The van der Waals surface area contributed by atoms with Crippen molar-refractivity contribution in [2.24, 2.45) is 0 Å². The van der Waals surface area contributed by atoms with Crippen LogP contribution in [0.2, 0.25) is 0 Å². The van der Waals surface area contributed by atoms with E-state index in [0.29, 0.717) is 0 Å². The second-order valence-corrected chi connectivity index (χ2v) is 12.5. The summed E-state index contributed by atoms with van der Waals surface area (Å²) in [6.07, 6.45) is 16.1. The molecule has 7 heteroatoms. The number of aromatic nitrogens is 4. The van der Waals surface area contributed by atoms with Crippen molar-refractivity contribution in [1.82, 2.24) is 24.8 Å². The number of pyridine rings is 4. The third-order valence-corrected chi connectivity index (χ3v) is 8.80. The number of rotatable bonds is 11. The van der Waals surface area contributed by atoms with E-state index in [-0.39, 0.29) is 0 Å². The van der Waals surface area contributed by atoms with Crippen molar-refractivity contribution in [3.05, 3.63) is 152 Å². The maximum absolute atomic E-state index is 4.59. The molecule has 0 aromatic carbocycles. The fourth-order valence-corrected chi connectivity index (χ4v) is 6.34. The Hall–Kier alpha value is -4.56. The van der Waals surface area contributed by atoms with Gasteiger partial charge >= 0.3 is 0 Å². The number of aryl methyl sites for hydroxylation is 1. The highest BCUT2D eigenvalue weighted by molar-refractivity contribution is 7.14. The molecule has 5 nitrogen and oxygen atoms in total. The average molecular weight is 598 g/mol. The monoisotopic (exact) mass is 597 g/mol. The predicted octanol–water partition coefficient (Wildman–Crippen LogP) is 8.91. The highest BCUT2D eigenvalue weighted by Gasteiger charge is 2.11. The first kappa shape index (κ1) is 28.6. The first-order valence-electron chi connectivity index (χ1n) is 14.1. The van der Waals surface area contributed by atoms with Crippen molar-refractivity contribution in [3.8, 4) is 11.4 Å². The van der Waals surface area contributed by atoms with E-state index < -0.39 is 0 Å². The molecule has 0 saturated carbocycles. The third kappa shape index (κ3) is 8.26. The van der Waals surface area contributed by atoms with Crippen molar-refractivity contribution in [2.45, 2.75) is 26.6 Å². The molecule has 43 heavy (non-hydrogen) atoms. The zero-order valence-corrected chi connectivity index (χ0v) is 25.5. The zero-order chi connectivity index (χ0) is 29.3. The molecule has 0 fully saturated rings. The quantitative estimate of drug-likeness (QED) is 0.149. The molecule has 6 aromatic heterocycles. The molecular weight excluding hydrogens is 567 g/mol. The van der Waals surface area contributed by atoms with Gasteiger partial charge in [0.05, 0.1) is 22.8 Å². The second kappa shape index (κ2) is 14.1. The first-order valence-corrected chi connectivity index (χ1v) is 15.8. The highest BCUT2D eigenvalue weighted by atomic mass is 32.1. The van der Waals surface area contributed by atoms with E-state index in [4.69, 9.17) is 0 Å². The molecule has 0 aliphatic carbocycles. The molecule has 0 bridgehead atoms. The van der Waals surface area contributed by atoms with Crippen molar-refractivity contribution in [2.75, 3.05) is 0 Å². The Balaban J connectivity index is 1.07. The lowest BCUT2D eigenvalue weighted by Gasteiger charge is -2.21. The Morgan fingerprint density at radius 3 is 1.74 bits per heavy atom. The van der Waals surface area contributed by atoms with Gasteiger partial charge in [0.15, 0.2) is 0 Å². The Morgan fingerprint density at radius 1 is 0.558 bits per heavy atom. The first-order chi connectivity index (χ1) is 21.2. The average Bonchev–Trinajstić information content (AvgIpc) is 3.70. The molecule has 0 N–H and O–H groups in total. The van der Waals surface area contributed by atoms with E-state index in [0.717, 1.165) is 53.5 Å². The summed E-state index contributed by atoms with van der Waals surface area (Å²) >= 11 is 3.60. The van der Waals surface area contributed by atoms with Gasteiger partial charge < -0.3 is 0 Å². The van der Waals surface area contributed by atoms with Crippen LogP contribution in [0.1, 0.15) is 42.0 Å². The molecule has 0 aliphatic heterocycles. The van der Waals surface area contributed by atoms with E-state index in [9.17, 15) is 0 Å². The van der Waals surface area contributed by atoms with Gasteiger partial charge in [-0.05, 0) is 96.9 Å². The lowest BCUT2D eigenvalue weighted by atomic mass is 10.2. The minimum Gasteiger partial charge on any atom is -0.287 e. The minimum atomic E-state index is 0.774. The van der Waals surface area contributed by atoms with Crippen LogP contribution in [-0.4, -0.2) is 24.8 Å². The van der Waals surface area contributed by atoms with E-state index >= 15 is 0 Å². The molecule has 0 atom stereocenters. The Kier molecular flexibility index (Phi) is 9.34. The molecule has 0 saturated heterocycles. The molecule has 6 heterocycles. The molecule has 6 rings (SSSR count). The molecule has 6 aromatic rings. The van der Waals surface area contributed by atoms with Gasteiger partial charge in [0, 0.05) is 63.9 Å². The van der Waals surface area contributed by atoms with Crippen LogP contribution in [0.15, 0.2) is 110 Å². The van der Waals surface area contributed by atoms with E-state index in [1.807, 2.05) is 79.4 Å². The highest BCUT2D eigenvalue weighted by Crippen LogP contribution is 2.25. The Bertz CT molecular complexity index is 1750. The van der Waals surface area contributed by atoms with E-state index in [2.05, 4.69) is 97.7 Å². The van der Waals surface area contributed by atoms with Crippen LogP contribution in [0.25, 0.3) is 35.7 Å². The van der Waals surface area contributed by atoms with Crippen LogP contribution in [0, 0.1) is 6.92 Å². The molecule has 0 unspecified atom stereocenters. The minimum absolute atomic E-state index is 0.774. The molecule has 0 aliphatic rings. The summed E-state index contributed by atoms with van der Waals surface area (Å²) in [6, 6.07) is 29.1. The molecular formula is C36H31N5S2. The number of hydrogen-bond donors (Lipinski definition) is 0. The van der Waals surface area contributed by atoms with Gasteiger partial charge in [-0.1, -0.05) is 30.3 Å². The van der Waals surface area contributed by atoms with Crippen LogP contribution in [0.4, 0.5) is 0 Å². The van der Waals surface area contributed by atoms with Crippen molar-refractivity contribution in [3.63, 3.8) is 0 Å². The maximum atomic E-state index is 4.59. The molecule has 212 valence electrons. The molecule has 0 radical (unpaired) electrons. The molecule has 0 amide bonds. The van der Waals surface area contributed by atoms with Gasteiger partial charge in [-0.3, -0.25) is 24.8 Å². The maximum Gasteiger partial charge on any atom is 0.0886 e. The number of nitrogens with zero attached hydrogens (tertiary/aromatic N) is 5. The summed E-state index contributed by atoms with van der Waals surface area (Å²) in [5.74, 6) is 0. The smallest absolute Gasteiger partial charge is 0.0886 e. The van der Waals surface area contributed by atoms with Gasteiger partial charge in [-0.2, -0.15) is 0 Å². The SMILES string of the molecule is Cc1ccc(-c2ccc(/C=C/c3ccc(/C=C/c4ccc(CN(Cc5ccccn5)Cc5ccccn5)s4)s3)cn2)nc1. The van der Waals surface area contributed by atoms with Crippen molar-refractivity contribution >= 4 is 47.0 Å². The van der Waals surface area contributed by atoms with Crippen LogP contribution in [-0.2, 0) is 19.6 Å². The van der Waals surface area contributed by atoms with E-state index in [1.165, 1.54) is 19.5 Å². The van der Waals surface area contributed by atoms with Crippen molar-refractivity contribution < 1.29 is 0 Å². The third-order valence-electron chi connectivity index (χ3n) is 6.75. The lowest BCUT2D eigenvalue weighted by molar-refractivity contribution is 0.244. The normalized spacial score (nSPS) is 11.7. The van der Waals surface area contributed by atoms with Gasteiger partial charge in [-0.25, -0.2) is 0 Å². The van der Waals surface area contributed by atoms with Gasteiger partial charge in [-0.15, -0.1) is 22.7 Å². The predicted molar refractivity (Wildman–Crippen MR) is 180 cm³/mol. The topological polar surface area (TPSA) is 54.8 Å². The molecule has 0 spiro atoms. The fraction of sp³-hybridized carbons (Fsp3) is 0.111. The number of thiophene rings is 2. The van der Waals surface area contributed by atoms with Gasteiger partial charge in [0.2, 0.25) is 0 Å². The van der Waals surface area contributed by atoms with Crippen molar-refractivity contribution in [1.29, 1.82) is 0 Å². The zero-order valence-electron chi connectivity index (χ0n) is 23.9. The van der Waals surface area contributed by atoms with E-state index in [1.54, 1.807) is 11.3 Å². The van der Waals surface area contributed by atoms with Crippen LogP contribution in [0.3, 0.4) is 0 Å². The summed E-state index contributed by atoms with van der Waals surface area (Å²) in [5, 5.41) is 0. The summed E-state index contributed by atoms with van der Waals surface area (Å²) in [6.45, 7) is 4.43. The van der Waals surface area contributed by atoms with Crippen LogP contribution >= 0.6 is 22.7 Å². The largest absolute Gasteiger partial charge is 0.287 e. The lowest BCUT2D eigenvalue weighted by Crippen LogP contribution is -2.23. The number of hydrogen-bond acceptors (Lipinski definition) is 7. The fourth-order valence-electron chi connectivity index (χ4n) is 4.56. The van der Waals surface area contributed by atoms with Gasteiger partial charge in [0.25, 0.3) is 0 Å². The summed E-state index contributed by atoms with van der Waals surface area (Å²) < 4.78 is 0. The Morgan fingerprint density at radius 2 is 1.16 bits per heavy atom. The summed E-state index contributed by atoms with van der Waals surface area (Å²) in [7, 11) is 0. The Labute approximate surface area is 260 Å². The second-order valence-electron chi connectivity index (χ2n) is 10.2. The van der Waals surface area contributed by atoms with Crippen LogP contribution < -0.4 is 0 Å².